The van der Waals surface area contributed by atoms with E-state index in [2.05, 4.69) is 10.2 Å². The second kappa shape index (κ2) is 6.02. The summed E-state index contributed by atoms with van der Waals surface area (Å²) in [6, 6.07) is 0. The molecular weight excluding hydrogens is 242 g/mol. The number of aliphatic hydroxyl groups is 1. The molecule has 1 heterocycles. The lowest BCUT2D eigenvalue weighted by molar-refractivity contribution is -0.133. The smallest absolute Gasteiger partial charge is 0.313 e. The highest BCUT2D eigenvalue weighted by Crippen LogP contribution is 2.21. The molecule has 0 fully saturated rings. The van der Waals surface area contributed by atoms with E-state index in [9.17, 15) is 9.90 Å². The van der Waals surface area contributed by atoms with Gasteiger partial charge in [-0.2, -0.15) is 0 Å². The molecule has 1 unspecified atom stereocenters. The van der Waals surface area contributed by atoms with Gasteiger partial charge in [0, 0.05) is 6.54 Å². The summed E-state index contributed by atoms with van der Waals surface area (Å²) >= 11 is 1.11. The Morgan fingerprint density at radius 3 is 2.53 bits per heavy atom. The van der Waals surface area contributed by atoms with Crippen molar-refractivity contribution in [2.45, 2.75) is 38.6 Å². The van der Waals surface area contributed by atoms with Gasteiger partial charge in [0.15, 0.2) is 11.0 Å². The Morgan fingerprint density at radius 2 is 2.06 bits per heavy atom. The van der Waals surface area contributed by atoms with Crippen LogP contribution in [0.15, 0.2) is 5.16 Å². The third-order valence-electron chi connectivity index (χ3n) is 1.99. The van der Waals surface area contributed by atoms with Crippen molar-refractivity contribution >= 4 is 17.7 Å². The molecule has 0 amide bonds. The van der Waals surface area contributed by atoms with Crippen LogP contribution in [0.25, 0.3) is 0 Å². The van der Waals surface area contributed by atoms with E-state index in [1.165, 1.54) is 0 Å². The van der Waals surface area contributed by atoms with Crippen LogP contribution in [-0.4, -0.2) is 36.7 Å². The summed E-state index contributed by atoms with van der Waals surface area (Å²) in [5.74, 6) is -0.109. The van der Waals surface area contributed by atoms with Crippen molar-refractivity contribution < 1.29 is 15.0 Å². The fraction of sp³-hybridized carbons (Fsp3) is 0.700. The van der Waals surface area contributed by atoms with E-state index in [0.29, 0.717) is 23.4 Å². The molecule has 0 aromatic carbocycles. The number of aliphatic hydroxyl groups excluding tert-OH is 1. The Balaban J connectivity index is 2.91. The predicted molar refractivity (Wildman–Crippen MR) is 63.9 cm³/mol. The van der Waals surface area contributed by atoms with Crippen molar-refractivity contribution in [3.8, 4) is 0 Å². The lowest BCUT2D eigenvalue weighted by Gasteiger charge is -2.13. The number of aromatic nitrogens is 3. The van der Waals surface area contributed by atoms with Crippen molar-refractivity contribution in [3.05, 3.63) is 5.82 Å². The molecule has 0 saturated heterocycles. The molecule has 0 aliphatic carbocycles. The van der Waals surface area contributed by atoms with E-state index in [-0.39, 0.29) is 5.75 Å². The molecule has 6 nitrogen and oxygen atoms in total. The third-order valence-corrected chi connectivity index (χ3v) is 2.94. The molecular formula is C10H17N3O3S. The summed E-state index contributed by atoms with van der Waals surface area (Å²) in [4.78, 5) is 10.5. The van der Waals surface area contributed by atoms with Gasteiger partial charge in [0.25, 0.3) is 0 Å². The van der Waals surface area contributed by atoms with Crippen molar-refractivity contribution in [1.82, 2.24) is 14.8 Å². The summed E-state index contributed by atoms with van der Waals surface area (Å²) in [5.41, 5.74) is 0. The predicted octanol–water partition coefficient (Wildman–Crippen LogP) is 1.16. The molecule has 2 N–H and O–H groups in total. The monoisotopic (exact) mass is 259 g/mol. The number of thioether (sulfide) groups is 1. The summed E-state index contributed by atoms with van der Waals surface area (Å²) in [6.07, 6.45) is -0.708. The Morgan fingerprint density at radius 1 is 1.41 bits per heavy atom. The van der Waals surface area contributed by atoms with Crippen LogP contribution in [-0.2, 0) is 11.3 Å². The Bertz CT molecular complexity index is 390. The molecule has 0 bridgehead atoms. The highest BCUT2D eigenvalue weighted by atomic mass is 32.2. The Labute approximate surface area is 104 Å². The molecule has 0 aliphatic rings. The van der Waals surface area contributed by atoms with Crippen LogP contribution < -0.4 is 0 Å². The normalized spacial score (nSPS) is 13.0. The summed E-state index contributed by atoms with van der Waals surface area (Å²) < 4.78 is 1.78. The van der Waals surface area contributed by atoms with Gasteiger partial charge in [0.2, 0.25) is 0 Å². The van der Waals surface area contributed by atoms with Gasteiger partial charge in [0.1, 0.15) is 6.10 Å². The van der Waals surface area contributed by atoms with Gasteiger partial charge in [-0.25, -0.2) is 0 Å². The molecule has 0 radical (unpaired) electrons. The standard InChI is InChI=1S/C10H17N3O3S/c1-6(2)4-13-9(7(3)14)11-12-10(13)17-5-8(15)16/h6-7,14H,4-5H2,1-3H3,(H,15,16). The van der Waals surface area contributed by atoms with E-state index in [1.807, 2.05) is 13.8 Å². The number of aliphatic carboxylic acids is 1. The fourth-order valence-corrected chi connectivity index (χ4v) is 2.05. The highest BCUT2D eigenvalue weighted by Gasteiger charge is 2.17. The average Bonchev–Trinajstić information content (AvgIpc) is 2.57. The molecule has 0 saturated carbocycles. The van der Waals surface area contributed by atoms with E-state index in [1.54, 1.807) is 11.5 Å². The van der Waals surface area contributed by atoms with Crippen LogP contribution in [0.2, 0.25) is 0 Å². The topological polar surface area (TPSA) is 88.2 Å². The van der Waals surface area contributed by atoms with Crippen LogP contribution in [0.4, 0.5) is 0 Å². The summed E-state index contributed by atoms with van der Waals surface area (Å²) in [7, 11) is 0. The molecule has 1 rings (SSSR count). The molecule has 7 heteroatoms. The summed E-state index contributed by atoms with van der Waals surface area (Å²) in [6.45, 7) is 6.36. The molecule has 96 valence electrons. The van der Waals surface area contributed by atoms with Crippen LogP contribution in [0.5, 0.6) is 0 Å². The first-order chi connectivity index (χ1) is 7.91. The van der Waals surface area contributed by atoms with E-state index < -0.39 is 12.1 Å². The zero-order valence-corrected chi connectivity index (χ0v) is 10.9. The largest absolute Gasteiger partial charge is 0.481 e. The van der Waals surface area contributed by atoms with Gasteiger partial charge in [-0.3, -0.25) is 4.79 Å². The maximum absolute atomic E-state index is 10.5. The number of hydrogen-bond donors (Lipinski definition) is 2. The first-order valence-corrected chi connectivity index (χ1v) is 6.36. The average molecular weight is 259 g/mol. The minimum absolute atomic E-state index is 0.0595. The van der Waals surface area contributed by atoms with E-state index in [0.717, 1.165) is 11.8 Å². The third kappa shape index (κ3) is 4.01. The SMILES string of the molecule is CC(C)Cn1c(SCC(=O)O)nnc1C(C)O. The molecule has 0 spiro atoms. The number of carboxylic acid groups (broad SMARTS) is 1. The minimum atomic E-state index is -0.896. The molecule has 1 aromatic heterocycles. The number of carbonyl (C=O) groups is 1. The zero-order chi connectivity index (χ0) is 13.0. The van der Waals surface area contributed by atoms with Crippen molar-refractivity contribution in [2.24, 2.45) is 5.92 Å². The molecule has 1 atom stereocenters. The Kier molecular flexibility index (Phi) is 4.95. The van der Waals surface area contributed by atoms with E-state index >= 15 is 0 Å². The first-order valence-electron chi connectivity index (χ1n) is 5.37. The van der Waals surface area contributed by atoms with Crippen LogP contribution in [0.3, 0.4) is 0 Å². The number of rotatable bonds is 6. The first kappa shape index (κ1) is 14.0. The second-order valence-corrected chi connectivity index (χ2v) is 5.15. The van der Waals surface area contributed by atoms with Crippen molar-refractivity contribution in [2.75, 3.05) is 5.75 Å². The summed E-state index contributed by atoms with van der Waals surface area (Å²) in [5, 5.41) is 26.5. The van der Waals surface area contributed by atoms with Crippen molar-refractivity contribution in [3.63, 3.8) is 0 Å². The molecule has 17 heavy (non-hydrogen) atoms. The maximum atomic E-state index is 10.5. The molecule has 0 aliphatic heterocycles. The van der Waals surface area contributed by atoms with Gasteiger partial charge in [-0.15, -0.1) is 10.2 Å². The van der Waals surface area contributed by atoms with E-state index in [4.69, 9.17) is 5.11 Å². The molecule has 1 aromatic rings. The quantitative estimate of drug-likeness (QED) is 0.745. The van der Waals surface area contributed by atoms with Crippen LogP contribution in [0.1, 0.15) is 32.7 Å². The fourth-order valence-electron chi connectivity index (χ4n) is 1.38. The van der Waals surface area contributed by atoms with Gasteiger partial charge in [-0.05, 0) is 12.8 Å². The highest BCUT2D eigenvalue weighted by molar-refractivity contribution is 7.99. The Hall–Kier alpha value is -1.08. The van der Waals surface area contributed by atoms with Crippen LogP contribution in [0, 0.1) is 5.92 Å². The number of carboxylic acids is 1. The van der Waals surface area contributed by atoms with Gasteiger partial charge in [-0.1, -0.05) is 25.6 Å². The minimum Gasteiger partial charge on any atom is -0.481 e. The van der Waals surface area contributed by atoms with Gasteiger partial charge >= 0.3 is 5.97 Å². The zero-order valence-electron chi connectivity index (χ0n) is 10.1. The maximum Gasteiger partial charge on any atom is 0.313 e. The number of hydrogen-bond acceptors (Lipinski definition) is 5. The van der Waals surface area contributed by atoms with Gasteiger partial charge in [0.05, 0.1) is 5.75 Å². The lowest BCUT2D eigenvalue weighted by Crippen LogP contribution is -2.12. The second-order valence-electron chi connectivity index (χ2n) is 4.20. The lowest BCUT2D eigenvalue weighted by atomic mass is 10.2. The van der Waals surface area contributed by atoms with Gasteiger partial charge < -0.3 is 14.8 Å². The van der Waals surface area contributed by atoms with Crippen LogP contribution >= 0.6 is 11.8 Å². The number of nitrogens with zero attached hydrogens (tertiary/aromatic N) is 3. The van der Waals surface area contributed by atoms with Crippen molar-refractivity contribution in [1.29, 1.82) is 0 Å².